The van der Waals surface area contributed by atoms with Crippen LogP contribution < -0.4 is 17.7 Å². The van der Waals surface area contributed by atoms with E-state index >= 15 is 0 Å². The number of hydrogen-bond donors (Lipinski definition) is 1. The Kier molecular flexibility index (Phi) is 3.85. The second-order valence-corrected chi connectivity index (χ2v) is 4.31. The molecule has 1 heterocycles. The highest BCUT2D eigenvalue weighted by molar-refractivity contribution is 4.86. The van der Waals surface area contributed by atoms with Gasteiger partial charge in [0.15, 0.2) is 0 Å². The molecule has 2 rings (SSSR count). The summed E-state index contributed by atoms with van der Waals surface area (Å²) < 4.78 is 0. The molecule has 1 aliphatic heterocycles. The van der Waals surface area contributed by atoms with Gasteiger partial charge in [-0.2, -0.15) is 0 Å². The summed E-state index contributed by atoms with van der Waals surface area (Å²) in [5.41, 5.74) is 0.795. The van der Waals surface area contributed by atoms with Crippen LogP contribution in [0.15, 0.2) is 0 Å². The van der Waals surface area contributed by atoms with Gasteiger partial charge in [0.2, 0.25) is 0 Å². The predicted octanol–water partition coefficient (Wildman–Crippen LogP) is -0.676. The summed E-state index contributed by atoms with van der Waals surface area (Å²) in [5, 5.41) is 3.46. The highest BCUT2D eigenvalue weighted by Gasteiger charge is 2.32. The molecular weight excluding hydrogens is 170 g/mol. The highest BCUT2D eigenvalue weighted by atomic mass is 35.5. The zero-order chi connectivity index (χ0) is 7.57. The van der Waals surface area contributed by atoms with Crippen molar-refractivity contribution in [3.8, 4) is 0 Å². The van der Waals surface area contributed by atoms with E-state index in [1.807, 2.05) is 0 Å². The average Bonchev–Trinajstić information content (AvgIpc) is 2.07. The lowest BCUT2D eigenvalue weighted by Gasteiger charge is -2.40. The van der Waals surface area contributed by atoms with E-state index in [0.29, 0.717) is 0 Å². The molecule has 72 valence electrons. The van der Waals surface area contributed by atoms with Crippen LogP contribution in [-0.4, -0.2) is 13.1 Å². The monoisotopic (exact) mass is 188 g/mol. The van der Waals surface area contributed by atoms with E-state index in [-0.39, 0.29) is 12.4 Å². The van der Waals surface area contributed by atoms with E-state index < -0.39 is 0 Å². The van der Waals surface area contributed by atoms with Crippen molar-refractivity contribution in [2.24, 2.45) is 5.41 Å². The van der Waals surface area contributed by atoms with Gasteiger partial charge in [0.1, 0.15) is 0 Å². The summed E-state index contributed by atoms with van der Waals surface area (Å²) in [6, 6.07) is 0. The van der Waals surface area contributed by atoms with Gasteiger partial charge in [-0.15, -0.1) is 0 Å². The summed E-state index contributed by atoms with van der Waals surface area (Å²) in [4.78, 5) is 0. The maximum Gasteiger partial charge on any atom is -0.00436 e. The highest BCUT2D eigenvalue weighted by Crippen LogP contribution is 2.42. The van der Waals surface area contributed by atoms with Gasteiger partial charge < -0.3 is 17.7 Å². The molecule has 1 spiro atoms. The zero-order valence-corrected chi connectivity index (χ0v) is 8.50. The molecule has 12 heavy (non-hydrogen) atoms. The minimum atomic E-state index is 0. The Bertz CT molecular complexity index is 104. The molecule has 1 nitrogen and oxygen atoms in total. The molecule has 0 unspecified atom stereocenters. The maximum absolute atomic E-state index is 3.46. The quantitative estimate of drug-likeness (QED) is 0.532. The van der Waals surface area contributed by atoms with Crippen LogP contribution in [0.3, 0.4) is 0 Å². The van der Waals surface area contributed by atoms with Gasteiger partial charge >= 0.3 is 0 Å². The Labute approximate surface area is 81.7 Å². The van der Waals surface area contributed by atoms with Crippen molar-refractivity contribution in [3.05, 3.63) is 0 Å². The summed E-state index contributed by atoms with van der Waals surface area (Å²) >= 11 is 0. The van der Waals surface area contributed by atoms with E-state index in [0.717, 1.165) is 5.41 Å². The number of rotatable bonds is 0. The molecule has 0 aromatic rings. The fraction of sp³-hybridized carbons (Fsp3) is 1.00. The standard InChI is InChI=1S/C10H19N.ClH/c1-2-4-10(5-3-1)6-8-11-9-7-10;/h11H,1-9H2;1H/p-1. The first-order valence-electron chi connectivity index (χ1n) is 5.12. The fourth-order valence-corrected chi connectivity index (χ4v) is 2.76. The van der Waals surface area contributed by atoms with Crippen molar-refractivity contribution in [3.63, 3.8) is 0 Å². The lowest BCUT2D eigenvalue weighted by Crippen LogP contribution is -3.00. The molecule has 0 amide bonds. The first kappa shape index (κ1) is 10.3. The maximum atomic E-state index is 3.46. The lowest BCUT2D eigenvalue weighted by molar-refractivity contribution is -0.00000296. The van der Waals surface area contributed by atoms with Gasteiger partial charge in [-0.1, -0.05) is 19.3 Å². The SMILES string of the molecule is C1CCC2(CC1)CCNCC2.[Cl-]. The third-order valence-corrected chi connectivity index (χ3v) is 3.58. The summed E-state index contributed by atoms with van der Waals surface area (Å²) in [6.07, 6.45) is 10.4. The van der Waals surface area contributed by atoms with Gasteiger partial charge in [0, 0.05) is 0 Å². The van der Waals surface area contributed by atoms with Crippen molar-refractivity contribution in [2.45, 2.75) is 44.9 Å². The van der Waals surface area contributed by atoms with Crippen molar-refractivity contribution in [1.82, 2.24) is 5.32 Å². The zero-order valence-electron chi connectivity index (χ0n) is 7.74. The predicted molar refractivity (Wildman–Crippen MR) is 47.6 cm³/mol. The Morgan fingerprint density at radius 2 is 1.33 bits per heavy atom. The lowest BCUT2D eigenvalue weighted by atomic mass is 9.68. The first-order valence-corrected chi connectivity index (χ1v) is 5.12. The van der Waals surface area contributed by atoms with Gasteiger partial charge in [-0.25, -0.2) is 0 Å². The van der Waals surface area contributed by atoms with Crippen LogP contribution in [0.4, 0.5) is 0 Å². The third kappa shape index (κ3) is 2.14. The smallest absolute Gasteiger partial charge is 0.00436 e. The van der Waals surface area contributed by atoms with Gasteiger partial charge in [0.25, 0.3) is 0 Å². The van der Waals surface area contributed by atoms with E-state index in [2.05, 4.69) is 5.32 Å². The van der Waals surface area contributed by atoms with E-state index in [9.17, 15) is 0 Å². The average molecular weight is 189 g/mol. The normalized spacial score (nSPS) is 28.0. The summed E-state index contributed by atoms with van der Waals surface area (Å²) in [7, 11) is 0. The first-order chi connectivity index (χ1) is 5.41. The van der Waals surface area contributed by atoms with Crippen LogP contribution in [0, 0.1) is 5.41 Å². The molecule has 0 bridgehead atoms. The molecular formula is C10H19ClN-. The van der Waals surface area contributed by atoms with Crippen LogP contribution in [0.25, 0.3) is 0 Å². The van der Waals surface area contributed by atoms with Crippen LogP contribution in [0.5, 0.6) is 0 Å². The van der Waals surface area contributed by atoms with E-state index in [1.54, 1.807) is 0 Å². The number of halogens is 1. The Hall–Kier alpha value is 0.250. The van der Waals surface area contributed by atoms with Crippen molar-refractivity contribution in [2.75, 3.05) is 13.1 Å². The molecule has 2 fully saturated rings. The summed E-state index contributed by atoms with van der Waals surface area (Å²) in [6.45, 7) is 2.56. The van der Waals surface area contributed by atoms with Gasteiger partial charge in [0.05, 0.1) is 0 Å². The second kappa shape index (κ2) is 4.48. The molecule has 2 aliphatic rings. The topological polar surface area (TPSA) is 12.0 Å². The summed E-state index contributed by atoms with van der Waals surface area (Å²) in [5.74, 6) is 0. The molecule has 1 saturated heterocycles. The van der Waals surface area contributed by atoms with Gasteiger partial charge in [-0.3, -0.25) is 0 Å². The molecule has 0 aromatic carbocycles. The van der Waals surface area contributed by atoms with Crippen LogP contribution in [0.1, 0.15) is 44.9 Å². The number of piperidine rings is 1. The van der Waals surface area contributed by atoms with E-state index in [1.165, 1.54) is 58.0 Å². The van der Waals surface area contributed by atoms with Crippen LogP contribution >= 0.6 is 0 Å². The Morgan fingerprint density at radius 1 is 0.750 bits per heavy atom. The van der Waals surface area contributed by atoms with Gasteiger partial charge in [-0.05, 0) is 44.2 Å². The molecule has 0 radical (unpaired) electrons. The Balaban J connectivity index is 0.000000720. The number of hydrogen-bond acceptors (Lipinski definition) is 1. The molecule has 0 aromatic heterocycles. The molecule has 2 heteroatoms. The molecule has 1 N–H and O–H groups in total. The van der Waals surface area contributed by atoms with Crippen molar-refractivity contribution < 1.29 is 12.4 Å². The molecule has 1 saturated carbocycles. The second-order valence-electron chi connectivity index (χ2n) is 4.31. The minimum absolute atomic E-state index is 0. The Morgan fingerprint density at radius 3 is 1.92 bits per heavy atom. The molecule has 1 aliphatic carbocycles. The van der Waals surface area contributed by atoms with Crippen LogP contribution in [0.2, 0.25) is 0 Å². The van der Waals surface area contributed by atoms with Crippen LogP contribution in [-0.2, 0) is 0 Å². The third-order valence-electron chi connectivity index (χ3n) is 3.58. The minimum Gasteiger partial charge on any atom is -1.00 e. The fourth-order valence-electron chi connectivity index (χ4n) is 2.76. The van der Waals surface area contributed by atoms with Crippen molar-refractivity contribution >= 4 is 0 Å². The number of nitrogens with one attached hydrogen (secondary N) is 1. The molecule has 0 atom stereocenters. The van der Waals surface area contributed by atoms with Crippen molar-refractivity contribution in [1.29, 1.82) is 0 Å². The van der Waals surface area contributed by atoms with E-state index in [4.69, 9.17) is 0 Å². The largest absolute Gasteiger partial charge is 1.00 e.